The quantitative estimate of drug-likeness (QED) is 0.648. The molecule has 0 unspecified atom stereocenters. The monoisotopic (exact) mass is 386 g/mol. The zero-order valence-electron chi connectivity index (χ0n) is 14.2. The Labute approximate surface area is 156 Å². The van der Waals surface area contributed by atoms with E-state index < -0.39 is 22.3 Å². The number of carbonyl (C=O) groups is 2. The fraction of sp³-hybridized carbons (Fsp3) is 0.444. The van der Waals surface area contributed by atoms with Crippen LogP contribution < -0.4 is 9.47 Å². The van der Waals surface area contributed by atoms with Crippen LogP contribution in [-0.2, 0) is 0 Å². The fourth-order valence-electron chi connectivity index (χ4n) is 2.37. The lowest BCUT2D eigenvalue weighted by Crippen LogP contribution is -2.20. The average Bonchev–Trinajstić information content (AvgIpc) is 2.60. The molecule has 2 rings (SSSR count). The highest BCUT2D eigenvalue weighted by Crippen LogP contribution is 2.45. The van der Waals surface area contributed by atoms with Gasteiger partial charge in [0.25, 0.3) is 0 Å². The molecule has 1 aliphatic rings. The maximum Gasteiger partial charge on any atom is 0.210 e. The predicted octanol–water partition coefficient (Wildman–Crippen LogP) is 4.82. The number of carbonyl (C=O) groups excluding carboxylic acids is 2. The van der Waals surface area contributed by atoms with E-state index in [2.05, 4.69) is 0 Å². The maximum absolute atomic E-state index is 12.5. The van der Waals surface area contributed by atoms with Crippen molar-refractivity contribution >= 4 is 34.8 Å². The molecule has 0 saturated heterocycles. The summed E-state index contributed by atoms with van der Waals surface area (Å²) in [4.78, 5) is 25.0. The van der Waals surface area contributed by atoms with Crippen LogP contribution in [0.4, 0.5) is 0 Å². The maximum atomic E-state index is 12.5. The summed E-state index contributed by atoms with van der Waals surface area (Å²) in [7, 11) is 0. The van der Waals surface area contributed by atoms with E-state index >= 15 is 0 Å². The Morgan fingerprint density at radius 2 is 1.36 bits per heavy atom. The number of phenols is 1. The summed E-state index contributed by atoms with van der Waals surface area (Å²) >= 11 is 11.7. The molecule has 1 aromatic carbocycles. The van der Waals surface area contributed by atoms with Crippen LogP contribution in [0.5, 0.6) is 17.2 Å². The van der Waals surface area contributed by atoms with Gasteiger partial charge in [-0.05, 0) is 12.8 Å². The molecule has 0 bridgehead atoms. The van der Waals surface area contributed by atoms with Crippen LogP contribution in [0.15, 0.2) is 16.1 Å². The minimum atomic E-state index is -0.722. The number of benzene rings is 1. The van der Waals surface area contributed by atoms with Crippen molar-refractivity contribution < 1.29 is 24.2 Å². The summed E-state index contributed by atoms with van der Waals surface area (Å²) in [5, 5.41) is 9.65. The normalized spacial score (nSPS) is 13.9. The van der Waals surface area contributed by atoms with Crippen LogP contribution in [0.25, 0.3) is 0 Å². The van der Waals surface area contributed by atoms with Crippen molar-refractivity contribution in [3.63, 3.8) is 0 Å². The molecule has 0 aromatic heterocycles. The molecule has 0 aliphatic heterocycles. The van der Waals surface area contributed by atoms with Gasteiger partial charge in [-0.15, -0.1) is 0 Å². The van der Waals surface area contributed by atoms with E-state index in [1.54, 1.807) is 0 Å². The number of hydrogen-bond donors (Lipinski definition) is 1. The molecule has 1 N–H and O–H groups in total. The summed E-state index contributed by atoms with van der Waals surface area (Å²) < 4.78 is 11.2. The smallest absolute Gasteiger partial charge is 0.210 e. The second kappa shape index (κ2) is 8.59. The SMILES string of the molecule is CCCCOc1cc(OCCCC)c2c(c1O)C(=O)C(Cl)=C(Cl)C2=O. The minimum Gasteiger partial charge on any atom is -0.504 e. The first-order valence-electron chi connectivity index (χ1n) is 8.24. The minimum absolute atomic E-state index is 0.0733. The van der Waals surface area contributed by atoms with Gasteiger partial charge in [0.2, 0.25) is 11.6 Å². The number of Topliss-reactive ketones (excluding diaryl/α,β-unsaturated/α-hetero) is 2. The largest absolute Gasteiger partial charge is 0.504 e. The molecule has 25 heavy (non-hydrogen) atoms. The lowest BCUT2D eigenvalue weighted by atomic mass is 9.92. The Bertz CT molecular complexity index is 725. The van der Waals surface area contributed by atoms with E-state index in [9.17, 15) is 14.7 Å². The van der Waals surface area contributed by atoms with Crippen molar-refractivity contribution in [2.45, 2.75) is 39.5 Å². The van der Waals surface area contributed by atoms with Gasteiger partial charge in [-0.2, -0.15) is 0 Å². The van der Waals surface area contributed by atoms with E-state index in [1.165, 1.54) is 6.07 Å². The topological polar surface area (TPSA) is 72.8 Å². The first-order chi connectivity index (χ1) is 11.9. The van der Waals surface area contributed by atoms with E-state index in [4.69, 9.17) is 32.7 Å². The lowest BCUT2D eigenvalue weighted by Gasteiger charge is -2.21. The van der Waals surface area contributed by atoms with Crippen LogP contribution in [-0.4, -0.2) is 29.9 Å². The molecule has 7 heteroatoms. The highest BCUT2D eigenvalue weighted by Gasteiger charge is 2.37. The molecular weight excluding hydrogens is 367 g/mol. The molecule has 5 nitrogen and oxygen atoms in total. The Hall–Kier alpha value is -1.72. The summed E-state index contributed by atoms with van der Waals surface area (Å²) in [6.45, 7) is 4.73. The standard InChI is InChI=1S/C18H20Cl2O5/c1-3-5-7-24-10-9-11(25-8-6-4-2)16(21)13-12(10)17(22)14(19)15(20)18(13)23/h9,21H,3-8H2,1-2H3. The summed E-state index contributed by atoms with van der Waals surface area (Å²) in [5.74, 6) is -1.55. The van der Waals surface area contributed by atoms with Crippen molar-refractivity contribution in [3.8, 4) is 17.2 Å². The van der Waals surface area contributed by atoms with E-state index in [0.717, 1.165) is 25.7 Å². The zero-order valence-corrected chi connectivity index (χ0v) is 15.7. The Kier molecular flexibility index (Phi) is 6.73. The molecule has 0 heterocycles. The highest BCUT2D eigenvalue weighted by molar-refractivity contribution is 6.59. The number of rotatable bonds is 8. The van der Waals surface area contributed by atoms with E-state index in [0.29, 0.717) is 13.2 Å². The number of fused-ring (bicyclic) bond motifs is 1. The van der Waals surface area contributed by atoms with Gasteiger partial charge in [0.1, 0.15) is 15.8 Å². The Morgan fingerprint density at radius 3 is 1.88 bits per heavy atom. The van der Waals surface area contributed by atoms with Crippen LogP contribution in [0, 0.1) is 0 Å². The second-order valence-electron chi connectivity index (χ2n) is 5.66. The first-order valence-corrected chi connectivity index (χ1v) is 8.99. The Morgan fingerprint density at radius 1 is 0.880 bits per heavy atom. The molecule has 0 atom stereocenters. The third kappa shape index (κ3) is 3.93. The molecule has 0 fully saturated rings. The van der Waals surface area contributed by atoms with Crippen molar-refractivity contribution in [2.24, 2.45) is 0 Å². The fourth-order valence-corrected chi connectivity index (χ4v) is 2.73. The van der Waals surface area contributed by atoms with Crippen molar-refractivity contribution in [1.29, 1.82) is 0 Å². The predicted molar refractivity (Wildman–Crippen MR) is 96.3 cm³/mol. The molecule has 136 valence electrons. The molecule has 0 amide bonds. The molecule has 0 spiro atoms. The van der Waals surface area contributed by atoms with Gasteiger partial charge >= 0.3 is 0 Å². The number of ketones is 2. The number of unbranched alkanes of at least 4 members (excludes halogenated alkanes) is 2. The number of ether oxygens (including phenoxy) is 2. The van der Waals surface area contributed by atoms with Crippen LogP contribution in [0.2, 0.25) is 0 Å². The third-order valence-corrected chi connectivity index (χ3v) is 4.60. The van der Waals surface area contributed by atoms with Gasteiger partial charge < -0.3 is 14.6 Å². The number of aromatic hydroxyl groups is 1. The molecule has 0 saturated carbocycles. The lowest BCUT2D eigenvalue weighted by molar-refractivity contribution is 0.0980. The summed E-state index contributed by atoms with van der Waals surface area (Å²) in [6, 6.07) is 1.42. The van der Waals surface area contributed by atoms with Crippen LogP contribution in [0.3, 0.4) is 0 Å². The number of allylic oxidation sites excluding steroid dienone is 2. The van der Waals surface area contributed by atoms with Crippen LogP contribution in [0.1, 0.15) is 60.2 Å². The third-order valence-electron chi connectivity index (χ3n) is 3.79. The van der Waals surface area contributed by atoms with Crippen molar-refractivity contribution in [3.05, 3.63) is 27.3 Å². The summed E-state index contributed by atoms with van der Waals surface area (Å²) in [5.41, 5.74) is -0.296. The van der Waals surface area contributed by atoms with Gasteiger partial charge in [0, 0.05) is 6.07 Å². The number of phenolic OH excluding ortho intramolecular Hbond substituents is 1. The molecule has 1 aromatic rings. The van der Waals surface area contributed by atoms with Gasteiger partial charge in [0.15, 0.2) is 11.5 Å². The summed E-state index contributed by atoms with van der Waals surface area (Å²) in [6.07, 6.45) is 3.36. The van der Waals surface area contributed by atoms with Gasteiger partial charge in [-0.1, -0.05) is 49.9 Å². The van der Waals surface area contributed by atoms with E-state index in [-0.39, 0.29) is 27.7 Å². The molecule has 1 aliphatic carbocycles. The average molecular weight is 387 g/mol. The zero-order chi connectivity index (χ0) is 18.6. The first kappa shape index (κ1) is 19.6. The van der Waals surface area contributed by atoms with Crippen molar-refractivity contribution in [1.82, 2.24) is 0 Å². The Balaban J connectivity index is 2.54. The van der Waals surface area contributed by atoms with Gasteiger partial charge in [-0.3, -0.25) is 9.59 Å². The van der Waals surface area contributed by atoms with Crippen LogP contribution >= 0.6 is 23.2 Å². The number of halogens is 2. The van der Waals surface area contributed by atoms with Gasteiger partial charge in [-0.25, -0.2) is 0 Å². The number of hydrogen-bond acceptors (Lipinski definition) is 5. The molecule has 0 radical (unpaired) electrons. The molecular formula is C18H20Cl2O5. The van der Waals surface area contributed by atoms with Gasteiger partial charge in [0.05, 0.1) is 24.3 Å². The van der Waals surface area contributed by atoms with Crippen molar-refractivity contribution in [2.75, 3.05) is 13.2 Å². The second-order valence-corrected chi connectivity index (χ2v) is 6.42. The van der Waals surface area contributed by atoms with E-state index in [1.807, 2.05) is 13.8 Å². The highest BCUT2D eigenvalue weighted by atomic mass is 35.5.